The number of fused-ring (bicyclic) bond motifs is 1. The van der Waals surface area contributed by atoms with Crippen LogP contribution in [0.15, 0.2) is 59.4 Å². The van der Waals surface area contributed by atoms with Crippen LogP contribution in [0.2, 0.25) is 0 Å². The van der Waals surface area contributed by atoms with E-state index >= 15 is 0 Å². The van der Waals surface area contributed by atoms with Crippen LogP contribution in [0.1, 0.15) is 23.7 Å². The highest BCUT2D eigenvalue weighted by Gasteiger charge is 2.34. The zero-order valence-corrected chi connectivity index (χ0v) is 16.6. The molecule has 154 valence electrons. The Morgan fingerprint density at radius 3 is 2.53 bits per heavy atom. The molecule has 3 aromatic rings. The molecule has 0 saturated carbocycles. The molecule has 2 heterocycles. The van der Waals surface area contributed by atoms with Gasteiger partial charge in [-0.25, -0.2) is 4.79 Å². The van der Waals surface area contributed by atoms with Gasteiger partial charge in [-0.15, -0.1) is 0 Å². The number of hydrogen-bond donors (Lipinski definition) is 1. The van der Waals surface area contributed by atoms with E-state index in [0.717, 1.165) is 5.69 Å². The second kappa shape index (κ2) is 8.02. The summed E-state index contributed by atoms with van der Waals surface area (Å²) in [4.78, 5) is 40.2. The number of carbonyl (C=O) groups is 2. The number of pyridine rings is 1. The van der Waals surface area contributed by atoms with Gasteiger partial charge in [0.15, 0.2) is 5.56 Å². The summed E-state index contributed by atoms with van der Waals surface area (Å²) in [6, 6.07) is 16.2. The molecule has 0 spiro atoms. The van der Waals surface area contributed by atoms with Crippen LogP contribution >= 0.6 is 0 Å². The number of carbonyl (C=O) groups excluding carboxylic acids is 2. The maximum Gasteiger partial charge on any atom is 0.347 e. The highest BCUT2D eigenvalue weighted by Crippen LogP contribution is 2.30. The van der Waals surface area contributed by atoms with Crippen molar-refractivity contribution in [3.05, 3.63) is 70.5 Å². The summed E-state index contributed by atoms with van der Waals surface area (Å²) in [6.45, 7) is 2.39. The molecule has 1 N–H and O–H groups in total. The molecule has 30 heavy (non-hydrogen) atoms. The van der Waals surface area contributed by atoms with Crippen molar-refractivity contribution in [2.75, 3.05) is 18.1 Å². The average molecular weight is 406 g/mol. The predicted octanol–water partition coefficient (Wildman–Crippen LogP) is 2.94. The number of aromatic hydroxyl groups is 1. The maximum absolute atomic E-state index is 13.1. The maximum atomic E-state index is 13.1. The van der Waals surface area contributed by atoms with Crippen LogP contribution in [-0.4, -0.2) is 34.7 Å². The summed E-state index contributed by atoms with van der Waals surface area (Å²) in [5.41, 5.74) is 0.232. The van der Waals surface area contributed by atoms with E-state index in [1.54, 1.807) is 36.1 Å². The minimum atomic E-state index is -0.872. The number of anilines is 1. The second-order valence-corrected chi connectivity index (χ2v) is 7.19. The van der Waals surface area contributed by atoms with Gasteiger partial charge in [-0.2, -0.15) is 0 Å². The standard InChI is InChI=1S/C23H22N2O5/c1-2-30-23(29)19-20(26)17-10-6-7-11-18(17)25(22(19)28)14-15-12-13-24(21(15)27)16-8-4-3-5-9-16/h3-11,15,26H,2,12-14H2,1H3. The van der Waals surface area contributed by atoms with Crippen molar-refractivity contribution in [2.45, 2.75) is 19.9 Å². The first-order valence-electron chi connectivity index (χ1n) is 9.91. The zero-order valence-electron chi connectivity index (χ0n) is 16.6. The van der Waals surface area contributed by atoms with Crippen molar-refractivity contribution in [1.29, 1.82) is 0 Å². The van der Waals surface area contributed by atoms with Crippen LogP contribution in [0.4, 0.5) is 5.69 Å². The van der Waals surface area contributed by atoms with Gasteiger partial charge in [0, 0.05) is 24.2 Å². The van der Waals surface area contributed by atoms with Crippen LogP contribution in [0, 0.1) is 5.92 Å². The van der Waals surface area contributed by atoms with E-state index in [9.17, 15) is 19.5 Å². The Bertz CT molecular complexity index is 1170. The molecule has 4 rings (SSSR count). The largest absolute Gasteiger partial charge is 0.506 e. The fourth-order valence-corrected chi connectivity index (χ4v) is 3.95. The molecular formula is C23H22N2O5. The molecule has 7 heteroatoms. The summed E-state index contributed by atoms with van der Waals surface area (Å²) in [5, 5.41) is 10.9. The third kappa shape index (κ3) is 3.32. The van der Waals surface area contributed by atoms with Crippen LogP contribution in [-0.2, 0) is 16.1 Å². The number of para-hydroxylation sites is 2. The Morgan fingerprint density at radius 2 is 1.80 bits per heavy atom. The molecule has 1 aliphatic rings. The van der Waals surface area contributed by atoms with E-state index in [4.69, 9.17) is 4.74 Å². The van der Waals surface area contributed by atoms with E-state index in [1.165, 1.54) is 4.57 Å². The van der Waals surface area contributed by atoms with Crippen molar-refractivity contribution in [3.8, 4) is 5.75 Å². The second-order valence-electron chi connectivity index (χ2n) is 7.19. The van der Waals surface area contributed by atoms with Gasteiger partial charge in [0.25, 0.3) is 5.56 Å². The topological polar surface area (TPSA) is 88.8 Å². The van der Waals surface area contributed by atoms with Crippen molar-refractivity contribution < 1.29 is 19.4 Å². The summed E-state index contributed by atoms with van der Waals surface area (Å²) < 4.78 is 6.37. The minimum absolute atomic E-state index is 0.0667. The molecular weight excluding hydrogens is 384 g/mol. The summed E-state index contributed by atoms with van der Waals surface area (Å²) >= 11 is 0. The highest BCUT2D eigenvalue weighted by atomic mass is 16.5. The Labute approximate surface area is 173 Å². The number of nitrogens with zero attached hydrogens (tertiary/aromatic N) is 2. The minimum Gasteiger partial charge on any atom is -0.506 e. The fourth-order valence-electron chi connectivity index (χ4n) is 3.95. The molecule has 1 aromatic heterocycles. The van der Waals surface area contributed by atoms with Crippen molar-refractivity contribution in [2.24, 2.45) is 5.92 Å². The third-order valence-electron chi connectivity index (χ3n) is 5.41. The SMILES string of the molecule is CCOC(=O)c1c(O)c2ccccc2n(CC2CCN(c3ccccc3)C2=O)c1=O. The van der Waals surface area contributed by atoms with E-state index < -0.39 is 28.8 Å². The number of aromatic nitrogens is 1. The summed E-state index contributed by atoms with van der Waals surface area (Å²) in [5.74, 6) is -1.74. The quantitative estimate of drug-likeness (QED) is 0.658. The first kappa shape index (κ1) is 19.7. The van der Waals surface area contributed by atoms with Gasteiger partial charge in [0.2, 0.25) is 5.91 Å². The third-order valence-corrected chi connectivity index (χ3v) is 5.41. The molecule has 7 nitrogen and oxygen atoms in total. The Kier molecular flexibility index (Phi) is 5.27. The fraction of sp³-hybridized carbons (Fsp3) is 0.261. The lowest BCUT2D eigenvalue weighted by Gasteiger charge is -2.19. The lowest BCUT2D eigenvalue weighted by molar-refractivity contribution is -0.120. The average Bonchev–Trinajstić information content (AvgIpc) is 3.12. The van der Waals surface area contributed by atoms with Gasteiger partial charge in [-0.3, -0.25) is 9.59 Å². The van der Waals surface area contributed by atoms with E-state index in [2.05, 4.69) is 0 Å². The van der Waals surface area contributed by atoms with Crippen LogP contribution in [0.25, 0.3) is 10.9 Å². The summed E-state index contributed by atoms with van der Waals surface area (Å²) in [7, 11) is 0. The smallest absolute Gasteiger partial charge is 0.347 e. The Morgan fingerprint density at radius 1 is 1.10 bits per heavy atom. The molecule has 1 atom stereocenters. The zero-order chi connectivity index (χ0) is 21.3. The van der Waals surface area contributed by atoms with Gasteiger partial charge in [0.1, 0.15) is 5.75 Å². The van der Waals surface area contributed by atoms with E-state index in [0.29, 0.717) is 23.9 Å². The number of rotatable bonds is 5. The first-order chi connectivity index (χ1) is 14.5. The number of amides is 1. The number of benzene rings is 2. The van der Waals surface area contributed by atoms with Crippen molar-refractivity contribution in [3.63, 3.8) is 0 Å². The van der Waals surface area contributed by atoms with E-state index in [-0.39, 0.29) is 19.1 Å². The number of esters is 1. The van der Waals surface area contributed by atoms with E-state index in [1.807, 2.05) is 30.3 Å². The first-order valence-corrected chi connectivity index (χ1v) is 9.91. The normalized spacial score (nSPS) is 16.2. The molecule has 1 unspecified atom stereocenters. The summed E-state index contributed by atoms with van der Waals surface area (Å²) in [6.07, 6.45) is 0.587. The molecule has 1 aliphatic heterocycles. The van der Waals surface area contributed by atoms with Gasteiger partial charge < -0.3 is 19.3 Å². The van der Waals surface area contributed by atoms with Gasteiger partial charge in [0.05, 0.1) is 18.0 Å². The molecule has 1 fully saturated rings. The molecule has 2 aromatic carbocycles. The lowest BCUT2D eigenvalue weighted by Crippen LogP contribution is -2.33. The predicted molar refractivity (Wildman–Crippen MR) is 113 cm³/mol. The number of hydrogen-bond acceptors (Lipinski definition) is 5. The molecule has 0 bridgehead atoms. The Hall–Kier alpha value is -3.61. The molecule has 1 saturated heterocycles. The molecule has 0 aliphatic carbocycles. The number of ether oxygens (including phenoxy) is 1. The monoisotopic (exact) mass is 406 g/mol. The van der Waals surface area contributed by atoms with Crippen LogP contribution in [0.5, 0.6) is 5.75 Å². The highest BCUT2D eigenvalue weighted by molar-refractivity contribution is 6.00. The lowest BCUT2D eigenvalue weighted by atomic mass is 10.1. The van der Waals surface area contributed by atoms with Crippen molar-refractivity contribution in [1.82, 2.24) is 4.57 Å². The van der Waals surface area contributed by atoms with Gasteiger partial charge in [-0.1, -0.05) is 30.3 Å². The van der Waals surface area contributed by atoms with Crippen LogP contribution < -0.4 is 10.5 Å². The van der Waals surface area contributed by atoms with Crippen molar-refractivity contribution >= 4 is 28.5 Å². The van der Waals surface area contributed by atoms with Gasteiger partial charge in [-0.05, 0) is 37.6 Å². The molecule has 0 radical (unpaired) electrons. The molecule has 1 amide bonds. The Balaban J connectivity index is 1.75. The van der Waals surface area contributed by atoms with Gasteiger partial charge >= 0.3 is 5.97 Å². The van der Waals surface area contributed by atoms with Crippen LogP contribution in [0.3, 0.4) is 0 Å².